The predicted octanol–water partition coefficient (Wildman–Crippen LogP) is 0.896. The van der Waals surface area contributed by atoms with Gasteiger partial charge in [-0.3, -0.25) is 9.59 Å². The molecule has 0 radical (unpaired) electrons. The number of nitriles is 1. The standard InChI is InChI=1S/C14H15N3O2/c15-8-10-3-5-11(6-4-10)14(19)17-7-1-2-12(9-17)13(16)18/h3-6,12H,1-2,7,9H2,(H2,16,18)/t12-/m0/s1. The number of primary amides is 1. The molecular weight excluding hydrogens is 242 g/mol. The summed E-state index contributed by atoms with van der Waals surface area (Å²) < 4.78 is 0. The van der Waals surface area contributed by atoms with Crippen molar-refractivity contribution < 1.29 is 9.59 Å². The molecule has 0 aromatic heterocycles. The van der Waals surface area contributed by atoms with E-state index in [0.717, 1.165) is 12.8 Å². The summed E-state index contributed by atoms with van der Waals surface area (Å²) in [7, 11) is 0. The van der Waals surface area contributed by atoms with E-state index in [1.807, 2.05) is 6.07 Å². The van der Waals surface area contributed by atoms with E-state index in [1.165, 1.54) is 0 Å². The molecule has 1 saturated heterocycles. The zero-order valence-electron chi connectivity index (χ0n) is 10.5. The molecule has 1 aliphatic rings. The first-order valence-corrected chi connectivity index (χ1v) is 6.20. The average molecular weight is 257 g/mol. The first kappa shape index (κ1) is 13.1. The van der Waals surface area contributed by atoms with Gasteiger partial charge in [0.05, 0.1) is 17.6 Å². The van der Waals surface area contributed by atoms with Gasteiger partial charge in [-0.1, -0.05) is 0 Å². The highest BCUT2D eigenvalue weighted by molar-refractivity contribution is 5.94. The first-order valence-electron chi connectivity index (χ1n) is 6.20. The summed E-state index contributed by atoms with van der Waals surface area (Å²) in [6.45, 7) is 1.02. The molecule has 1 aromatic rings. The first-order chi connectivity index (χ1) is 9.11. The van der Waals surface area contributed by atoms with Gasteiger partial charge in [0.1, 0.15) is 0 Å². The third kappa shape index (κ3) is 2.91. The Morgan fingerprint density at radius 1 is 1.32 bits per heavy atom. The molecule has 98 valence electrons. The Kier molecular flexibility index (Phi) is 3.81. The Morgan fingerprint density at radius 2 is 2.00 bits per heavy atom. The van der Waals surface area contributed by atoms with Gasteiger partial charge in [-0.2, -0.15) is 5.26 Å². The third-order valence-corrected chi connectivity index (χ3v) is 3.37. The van der Waals surface area contributed by atoms with Crippen LogP contribution < -0.4 is 5.73 Å². The van der Waals surface area contributed by atoms with Crippen molar-refractivity contribution in [2.75, 3.05) is 13.1 Å². The van der Waals surface area contributed by atoms with E-state index in [2.05, 4.69) is 0 Å². The van der Waals surface area contributed by atoms with Gasteiger partial charge < -0.3 is 10.6 Å². The van der Waals surface area contributed by atoms with Crippen LogP contribution in [-0.2, 0) is 4.79 Å². The Bertz CT molecular complexity index is 531. The van der Waals surface area contributed by atoms with Gasteiger partial charge in [0, 0.05) is 18.7 Å². The lowest BCUT2D eigenvalue weighted by Crippen LogP contribution is -2.44. The number of hydrogen-bond acceptors (Lipinski definition) is 3. The number of carbonyl (C=O) groups excluding carboxylic acids is 2. The fraction of sp³-hybridized carbons (Fsp3) is 0.357. The fourth-order valence-corrected chi connectivity index (χ4v) is 2.26. The number of carbonyl (C=O) groups is 2. The second kappa shape index (κ2) is 5.53. The number of rotatable bonds is 2. The summed E-state index contributed by atoms with van der Waals surface area (Å²) in [6, 6.07) is 8.50. The van der Waals surface area contributed by atoms with E-state index in [1.54, 1.807) is 29.2 Å². The summed E-state index contributed by atoms with van der Waals surface area (Å²) in [5.74, 6) is -0.719. The van der Waals surface area contributed by atoms with E-state index in [4.69, 9.17) is 11.0 Å². The molecule has 0 spiro atoms. The number of nitrogens with two attached hydrogens (primary N) is 1. The molecule has 1 aliphatic heterocycles. The predicted molar refractivity (Wildman–Crippen MR) is 69.0 cm³/mol. The second-order valence-corrected chi connectivity index (χ2v) is 4.68. The van der Waals surface area contributed by atoms with Gasteiger partial charge in [0.25, 0.3) is 5.91 Å². The normalized spacial score (nSPS) is 18.7. The van der Waals surface area contributed by atoms with Gasteiger partial charge in [-0.15, -0.1) is 0 Å². The maximum absolute atomic E-state index is 12.3. The fourth-order valence-electron chi connectivity index (χ4n) is 2.26. The lowest BCUT2D eigenvalue weighted by atomic mass is 9.97. The molecule has 5 heteroatoms. The van der Waals surface area contributed by atoms with Crippen LogP contribution in [0, 0.1) is 17.2 Å². The topological polar surface area (TPSA) is 87.2 Å². The number of amides is 2. The molecule has 1 aromatic carbocycles. The molecular formula is C14H15N3O2. The highest BCUT2D eigenvalue weighted by Crippen LogP contribution is 2.18. The molecule has 1 atom stereocenters. The maximum atomic E-state index is 12.3. The van der Waals surface area contributed by atoms with E-state index in [9.17, 15) is 9.59 Å². The van der Waals surface area contributed by atoms with Gasteiger partial charge in [0.15, 0.2) is 0 Å². The minimum absolute atomic E-state index is 0.115. The van der Waals surface area contributed by atoms with E-state index in [-0.39, 0.29) is 17.7 Å². The summed E-state index contributed by atoms with van der Waals surface area (Å²) in [5.41, 5.74) is 6.34. The van der Waals surface area contributed by atoms with Crippen LogP contribution in [0.2, 0.25) is 0 Å². The minimum Gasteiger partial charge on any atom is -0.369 e. The monoisotopic (exact) mass is 257 g/mol. The quantitative estimate of drug-likeness (QED) is 0.853. The molecule has 0 unspecified atom stereocenters. The number of hydrogen-bond donors (Lipinski definition) is 1. The smallest absolute Gasteiger partial charge is 0.253 e. The number of benzene rings is 1. The van der Waals surface area contributed by atoms with Crippen molar-refractivity contribution in [1.29, 1.82) is 5.26 Å². The molecule has 2 amide bonds. The Morgan fingerprint density at radius 3 is 2.58 bits per heavy atom. The number of nitrogens with zero attached hydrogens (tertiary/aromatic N) is 2. The van der Waals surface area contributed by atoms with Crippen LogP contribution in [-0.4, -0.2) is 29.8 Å². The van der Waals surface area contributed by atoms with Crippen molar-refractivity contribution in [3.63, 3.8) is 0 Å². The Balaban J connectivity index is 2.10. The molecule has 0 saturated carbocycles. The molecule has 1 fully saturated rings. The zero-order chi connectivity index (χ0) is 13.8. The summed E-state index contributed by atoms with van der Waals surface area (Å²) in [4.78, 5) is 25.1. The Hall–Kier alpha value is -2.35. The van der Waals surface area contributed by atoms with Crippen molar-refractivity contribution in [3.8, 4) is 6.07 Å². The lowest BCUT2D eigenvalue weighted by molar-refractivity contribution is -0.123. The van der Waals surface area contributed by atoms with Crippen molar-refractivity contribution in [2.45, 2.75) is 12.8 Å². The van der Waals surface area contributed by atoms with Gasteiger partial charge in [-0.05, 0) is 37.1 Å². The molecule has 0 bridgehead atoms. The van der Waals surface area contributed by atoms with E-state index >= 15 is 0 Å². The van der Waals surface area contributed by atoms with Crippen LogP contribution >= 0.6 is 0 Å². The van der Waals surface area contributed by atoms with Crippen molar-refractivity contribution in [1.82, 2.24) is 4.90 Å². The highest BCUT2D eigenvalue weighted by Gasteiger charge is 2.27. The molecule has 5 nitrogen and oxygen atoms in total. The number of piperidine rings is 1. The molecule has 0 aliphatic carbocycles. The van der Waals surface area contributed by atoms with Crippen LogP contribution in [0.25, 0.3) is 0 Å². The van der Waals surface area contributed by atoms with Crippen LogP contribution in [0.3, 0.4) is 0 Å². The van der Waals surface area contributed by atoms with Gasteiger partial charge in [0.2, 0.25) is 5.91 Å². The molecule has 2 N–H and O–H groups in total. The molecule has 19 heavy (non-hydrogen) atoms. The minimum atomic E-state index is -0.350. The van der Waals surface area contributed by atoms with Crippen LogP contribution in [0.1, 0.15) is 28.8 Å². The van der Waals surface area contributed by atoms with E-state index < -0.39 is 0 Å². The molecule has 2 rings (SSSR count). The van der Waals surface area contributed by atoms with Crippen molar-refractivity contribution in [3.05, 3.63) is 35.4 Å². The number of likely N-dealkylation sites (tertiary alicyclic amines) is 1. The summed E-state index contributed by atoms with van der Waals surface area (Å²) in [5, 5.41) is 8.71. The second-order valence-electron chi connectivity index (χ2n) is 4.68. The van der Waals surface area contributed by atoms with Crippen LogP contribution in [0.15, 0.2) is 24.3 Å². The SMILES string of the molecule is N#Cc1ccc(C(=O)N2CCC[C@H](C(N)=O)C2)cc1. The molecule has 1 heterocycles. The largest absolute Gasteiger partial charge is 0.369 e. The van der Waals surface area contributed by atoms with Gasteiger partial charge in [-0.25, -0.2) is 0 Å². The average Bonchev–Trinajstić information content (AvgIpc) is 2.46. The van der Waals surface area contributed by atoms with Crippen LogP contribution in [0.5, 0.6) is 0 Å². The van der Waals surface area contributed by atoms with Crippen LogP contribution in [0.4, 0.5) is 0 Å². The summed E-state index contributed by atoms with van der Waals surface area (Å²) >= 11 is 0. The van der Waals surface area contributed by atoms with Gasteiger partial charge >= 0.3 is 0 Å². The maximum Gasteiger partial charge on any atom is 0.253 e. The van der Waals surface area contributed by atoms with Crippen molar-refractivity contribution in [2.24, 2.45) is 11.7 Å². The highest BCUT2D eigenvalue weighted by atomic mass is 16.2. The van der Waals surface area contributed by atoms with E-state index in [0.29, 0.717) is 24.2 Å². The summed E-state index contributed by atoms with van der Waals surface area (Å²) in [6.07, 6.45) is 1.53. The third-order valence-electron chi connectivity index (χ3n) is 3.37. The van der Waals surface area contributed by atoms with Crippen molar-refractivity contribution >= 4 is 11.8 Å². The Labute approximate surface area is 111 Å². The lowest BCUT2D eigenvalue weighted by Gasteiger charge is -2.31. The zero-order valence-corrected chi connectivity index (χ0v) is 10.5.